The maximum atomic E-state index is 13.2. The number of benzene rings is 3. The lowest BCUT2D eigenvalue weighted by atomic mass is 9.86. The first-order valence-corrected chi connectivity index (χ1v) is 12.4. The number of anilines is 1. The molecule has 0 unspecified atom stereocenters. The molecule has 4 aromatic rings. The van der Waals surface area contributed by atoms with Crippen molar-refractivity contribution in [3.05, 3.63) is 78.0 Å². The molecule has 38 heavy (non-hydrogen) atoms. The zero-order chi connectivity index (χ0) is 26.6. The molecule has 0 radical (unpaired) electrons. The Morgan fingerprint density at radius 1 is 1.05 bits per heavy atom. The summed E-state index contributed by atoms with van der Waals surface area (Å²) in [5, 5.41) is 26.9. The molecule has 0 spiro atoms. The maximum Gasteiger partial charge on any atom is 0.306 e. The van der Waals surface area contributed by atoms with Gasteiger partial charge in [-0.2, -0.15) is 15.2 Å². The quantitative estimate of drug-likeness (QED) is 0.325. The van der Waals surface area contributed by atoms with Crippen molar-refractivity contribution in [3.63, 3.8) is 0 Å². The number of aliphatic carboxylic acids is 1. The summed E-state index contributed by atoms with van der Waals surface area (Å²) in [4.78, 5) is 26.0. The van der Waals surface area contributed by atoms with Crippen molar-refractivity contribution in [2.45, 2.75) is 31.7 Å². The van der Waals surface area contributed by atoms with E-state index in [4.69, 9.17) is 4.74 Å². The fourth-order valence-electron chi connectivity index (χ4n) is 4.90. The summed E-state index contributed by atoms with van der Waals surface area (Å²) in [7, 11) is 1.57. The highest BCUT2D eigenvalue weighted by Crippen LogP contribution is 2.28. The molecular formula is C29H27N5O4. The molecule has 3 aromatic carbocycles. The molecule has 9 nitrogen and oxygen atoms in total. The van der Waals surface area contributed by atoms with Crippen molar-refractivity contribution in [2.75, 3.05) is 12.5 Å². The molecule has 1 aliphatic carbocycles. The number of methoxy groups -OCH3 is 1. The van der Waals surface area contributed by atoms with Gasteiger partial charge >= 0.3 is 5.97 Å². The molecule has 9 heteroatoms. The first-order chi connectivity index (χ1) is 18.4. The van der Waals surface area contributed by atoms with Gasteiger partial charge < -0.3 is 15.2 Å². The zero-order valence-electron chi connectivity index (χ0n) is 20.8. The normalized spacial score (nSPS) is 16.9. The van der Waals surface area contributed by atoms with E-state index in [0.717, 1.165) is 22.2 Å². The Bertz CT molecular complexity index is 1530. The third-order valence-corrected chi connectivity index (χ3v) is 6.97. The van der Waals surface area contributed by atoms with Crippen molar-refractivity contribution in [2.24, 2.45) is 5.92 Å². The third-order valence-electron chi connectivity index (χ3n) is 6.97. The molecule has 0 aliphatic heterocycles. The molecule has 1 amide bonds. The molecule has 1 aromatic heterocycles. The average Bonchev–Trinajstić information content (AvgIpc) is 3.36. The Kier molecular flexibility index (Phi) is 6.96. The molecule has 1 fully saturated rings. The second-order valence-electron chi connectivity index (χ2n) is 9.41. The van der Waals surface area contributed by atoms with Crippen molar-refractivity contribution in [1.82, 2.24) is 15.2 Å². The van der Waals surface area contributed by atoms with Gasteiger partial charge in [-0.25, -0.2) is 0 Å². The Balaban J connectivity index is 1.35. The monoisotopic (exact) mass is 509 g/mol. The van der Waals surface area contributed by atoms with Crippen LogP contribution in [-0.4, -0.2) is 40.0 Å². The van der Waals surface area contributed by atoms with Crippen molar-refractivity contribution < 1.29 is 19.4 Å². The highest BCUT2D eigenvalue weighted by molar-refractivity contribution is 6.06. The number of carboxylic acids is 1. The summed E-state index contributed by atoms with van der Waals surface area (Å²) in [5.41, 5.74) is 7.47. The van der Waals surface area contributed by atoms with Crippen LogP contribution in [0.3, 0.4) is 0 Å². The average molecular weight is 510 g/mol. The molecule has 1 saturated carbocycles. The number of amides is 1. The van der Waals surface area contributed by atoms with E-state index in [-0.39, 0.29) is 17.9 Å². The number of hydrogen-bond donors (Lipinski definition) is 3. The number of para-hydroxylation sites is 1. The van der Waals surface area contributed by atoms with Crippen LogP contribution in [0.4, 0.5) is 5.69 Å². The molecule has 1 aliphatic rings. The van der Waals surface area contributed by atoms with Crippen LogP contribution in [0, 0.1) is 17.2 Å². The standard InChI is InChI=1S/C29H27N5O4/c1-38-25-14-18(16-30)13-22(15-25)19-5-11-24(12-6-19)33-34-27-21(17-31-34)3-2-4-26(27)28(35)32-23-9-7-20(8-10-23)29(36)37/h2-6,11-15,17,20,23,33H,7-10H2,1H3,(H,32,35)(H,36,37). The van der Waals surface area contributed by atoms with E-state index in [2.05, 4.69) is 21.9 Å². The number of carboxylic acid groups (broad SMARTS) is 1. The van der Waals surface area contributed by atoms with Crippen LogP contribution < -0.4 is 15.5 Å². The molecule has 5 rings (SSSR count). The zero-order valence-corrected chi connectivity index (χ0v) is 20.8. The van der Waals surface area contributed by atoms with Gasteiger partial charge in [-0.05, 0) is 73.2 Å². The van der Waals surface area contributed by atoms with Crippen LogP contribution in [0.2, 0.25) is 0 Å². The smallest absolute Gasteiger partial charge is 0.306 e. The number of nitrogens with one attached hydrogen (secondary N) is 2. The number of aromatic nitrogens is 2. The second-order valence-corrected chi connectivity index (χ2v) is 9.41. The number of ether oxygens (including phenoxy) is 1. The van der Waals surface area contributed by atoms with E-state index < -0.39 is 5.97 Å². The maximum absolute atomic E-state index is 13.2. The number of rotatable bonds is 7. The summed E-state index contributed by atoms with van der Waals surface area (Å²) in [6, 6.07) is 20.6. The minimum Gasteiger partial charge on any atom is -0.497 e. The number of fused-ring (bicyclic) bond motifs is 1. The predicted molar refractivity (Wildman–Crippen MR) is 143 cm³/mol. The molecule has 0 atom stereocenters. The molecule has 3 N–H and O–H groups in total. The minimum absolute atomic E-state index is 0.0524. The summed E-state index contributed by atoms with van der Waals surface area (Å²) in [6.45, 7) is 0. The molecule has 0 saturated heterocycles. The van der Waals surface area contributed by atoms with Gasteiger partial charge in [0.05, 0.1) is 42.1 Å². The Labute approximate surface area is 219 Å². The third kappa shape index (κ3) is 5.15. The van der Waals surface area contributed by atoms with Gasteiger partial charge in [-0.15, -0.1) is 0 Å². The molecule has 192 valence electrons. The van der Waals surface area contributed by atoms with Crippen LogP contribution in [0.15, 0.2) is 66.9 Å². The molecular weight excluding hydrogens is 482 g/mol. The van der Waals surface area contributed by atoms with E-state index in [1.165, 1.54) is 0 Å². The van der Waals surface area contributed by atoms with Gasteiger partial charge in [0.1, 0.15) is 11.3 Å². The largest absolute Gasteiger partial charge is 0.497 e. The van der Waals surface area contributed by atoms with Crippen LogP contribution in [0.25, 0.3) is 22.0 Å². The number of hydrogen-bond acceptors (Lipinski definition) is 6. The Morgan fingerprint density at radius 2 is 1.82 bits per heavy atom. The van der Waals surface area contributed by atoms with Gasteiger partial charge in [0.15, 0.2) is 0 Å². The predicted octanol–water partition coefficient (Wildman–Crippen LogP) is 4.83. The molecule has 1 heterocycles. The van der Waals surface area contributed by atoms with Crippen LogP contribution in [0.5, 0.6) is 5.75 Å². The number of nitrogens with zero attached hydrogens (tertiary/aromatic N) is 3. The van der Waals surface area contributed by atoms with E-state index in [9.17, 15) is 20.0 Å². The van der Waals surface area contributed by atoms with Crippen LogP contribution >= 0.6 is 0 Å². The first kappa shape index (κ1) is 24.8. The lowest BCUT2D eigenvalue weighted by Crippen LogP contribution is -2.39. The topological polar surface area (TPSA) is 129 Å². The summed E-state index contributed by atoms with van der Waals surface area (Å²) < 4.78 is 5.31. The fourth-order valence-corrected chi connectivity index (χ4v) is 4.90. The lowest BCUT2D eigenvalue weighted by molar-refractivity contribution is -0.142. The van der Waals surface area contributed by atoms with Crippen LogP contribution in [-0.2, 0) is 4.79 Å². The van der Waals surface area contributed by atoms with Gasteiger partial charge in [0.2, 0.25) is 0 Å². The minimum atomic E-state index is -0.766. The molecule has 0 bridgehead atoms. The Morgan fingerprint density at radius 3 is 2.50 bits per heavy atom. The van der Waals surface area contributed by atoms with Gasteiger partial charge in [0.25, 0.3) is 5.91 Å². The highest BCUT2D eigenvalue weighted by Gasteiger charge is 2.27. The van der Waals surface area contributed by atoms with E-state index in [1.807, 2.05) is 48.5 Å². The summed E-state index contributed by atoms with van der Waals surface area (Å²) in [5.74, 6) is -0.691. The first-order valence-electron chi connectivity index (χ1n) is 12.4. The summed E-state index contributed by atoms with van der Waals surface area (Å²) >= 11 is 0. The van der Waals surface area contributed by atoms with E-state index >= 15 is 0 Å². The highest BCUT2D eigenvalue weighted by atomic mass is 16.5. The number of nitriles is 1. The van der Waals surface area contributed by atoms with Gasteiger partial charge in [-0.1, -0.05) is 24.3 Å². The van der Waals surface area contributed by atoms with Crippen molar-refractivity contribution >= 4 is 28.5 Å². The number of carbonyl (C=O) groups excluding carboxylic acids is 1. The van der Waals surface area contributed by atoms with E-state index in [0.29, 0.717) is 48.1 Å². The summed E-state index contributed by atoms with van der Waals surface area (Å²) in [6.07, 6.45) is 4.11. The Hall–Kier alpha value is -4.84. The fraction of sp³-hybridized carbons (Fsp3) is 0.241. The lowest BCUT2D eigenvalue weighted by Gasteiger charge is -2.27. The van der Waals surface area contributed by atoms with E-state index in [1.54, 1.807) is 30.2 Å². The van der Waals surface area contributed by atoms with Gasteiger partial charge in [0, 0.05) is 11.4 Å². The van der Waals surface area contributed by atoms with Crippen molar-refractivity contribution in [3.8, 4) is 22.9 Å². The SMILES string of the molecule is COc1cc(C#N)cc(-c2ccc(Nn3ncc4cccc(C(=O)NC5CCC(C(=O)O)CC5)c43)cc2)c1. The van der Waals surface area contributed by atoms with Gasteiger partial charge in [-0.3, -0.25) is 15.0 Å². The number of carbonyl (C=O) groups is 2. The van der Waals surface area contributed by atoms with Crippen molar-refractivity contribution in [1.29, 1.82) is 5.26 Å². The second kappa shape index (κ2) is 10.6. The van der Waals surface area contributed by atoms with Crippen LogP contribution in [0.1, 0.15) is 41.6 Å².